The van der Waals surface area contributed by atoms with Crippen LogP contribution in [0.3, 0.4) is 0 Å². The monoisotopic (exact) mass is 223 g/mol. The summed E-state index contributed by atoms with van der Waals surface area (Å²) in [5.41, 5.74) is 1.70. The molecular weight excluding hydrogens is 214 g/mol. The van der Waals surface area contributed by atoms with Crippen LogP contribution < -0.4 is 0 Å². The Labute approximate surface area is 92.1 Å². The summed E-state index contributed by atoms with van der Waals surface area (Å²) >= 11 is 5.55. The van der Waals surface area contributed by atoms with Crippen LogP contribution in [0, 0.1) is 0 Å². The molecule has 1 atom stereocenters. The van der Waals surface area contributed by atoms with Crippen LogP contribution in [0.5, 0.6) is 0 Å². The van der Waals surface area contributed by atoms with Crippen molar-refractivity contribution in [1.29, 1.82) is 0 Å². The van der Waals surface area contributed by atoms with Crippen molar-refractivity contribution in [3.8, 4) is 5.69 Å². The maximum Gasteiger partial charge on any atom is 0.138 e. The molecule has 0 amide bonds. The normalized spacial score (nSPS) is 12.7. The van der Waals surface area contributed by atoms with Gasteiger partial charge in [-0.1, -0.05) is 12.1 Å². The summed E-state index contributed by atoms with van der Waals surface area (Å²) < 4.78 is 1.65. The molecule has 0 unspecified atom stereocenters. The second-order valence-electron chi connectivity index (χ2n) is 3.10. The second-order valence-corrected chi connectivity index (χ2v) is 3.41. The lowest BCUT2D eigenvalue weighted by Crippen LogP contribution is -1.99. The topological polar surface area (TPSA) is 50.9 Å². The van der Waals surface area contributed by atoms with Crippen molar-refractivity contribution >= 4 is 11.6 Å². The van der Waals surface area contributed by atoms with E-state index in [-0.39, 0.29) is 5.88 Å². The number of aromatic nitrogens is 3. The zero-order valence-corrected chi connectivity index (χ0v) is 8.67. The molecule has 0 fully saturated rings. The number of aliphatic hydroxyl groups excluding tert-OH is 1. The molecule has 1 aromatic carbocycles. The van der Waals surface area contributed by atoms with Crippen molar-refractivity contribution in [2.24, 2.45) is 0 Å². The van der Waals surface area contributed by atoms with Gasteiger partial charge in [0.25, 0.3) is 0 Å². The van der Waals surface area contributed by atoms with Gasteiger partial charge >= 0.3 is 0 Å². The lowest BCUT2D eigenvalue weighted by Gasteiger charge is -2.07. The highest BCUT2D eigenvalue weighted by Crippen LogP contribution is 2.16. The fourth-order valence-corrected chi connectivity index (χ4v) is 1.46. The largest absolute Gasteiger partial charge is 0.387 e. The number of aliphatic hydroxyl groups is 1. The highest BCUT2D eigenvalue weighted by atomic mass is 35.5. The Morgan fingerprint density at radius 3 is 2.60 bits per heavy atom. The molecule has 0 saturated carbocycles. The van der Waals surface area contributed by atoms with E-state index in [9.17, 15) is 5.11 Å². The molecule has 0 bridgehead atoms. The Hall–Kier alpha value is -1.39. The van der Waals surface area contributed by atoms with Crippen LogP contribution in [-0.4, -0.2) is 25.8 Å². The third kappa shape index (κ3) is 2.16. The summed E-state index contributed by atoms with van der Waals surface area (Å²) in [7, 11) is 0. The van der Waals surface area contributed by atoms with E-state index in [1.165, 1.54) is 6.33 Å². The van der Waals surface area contributed by atoms with Crippen LogP contribution in [-0.2, 0) is 0 Å². The molecule has 0 aliphatic heterocycles. The molecule has 4 nitrogen and oxygen atoms in total. The molecule has 78 valence electrons. The lowest BCUT2D eigenvalue weighted by atomic mass is 10.1. The van der Waals surface area contributed by atoms with E-state index in [0.29, 0.717) is 0 Å². The molecule has 0 spiro atoms. The first kappa shape index (κ1) is 10.1. The van der Waals surface area contributed by atoms with Gasteiger partial charge < -0.3 is 5.11 Å². The fourth-order valence-electron chi connectivity index (χ4n) is 1.28. The van der Waals surface area contributed by atoms with Crippen LogP contribution in [0.15, 0.2) is 36.9 Å². The zero-order valence-electron chi connectivity index (χ0n) is 7.92. The Kier molecular flexibility index (Phi) is 2.99. The molecule has 1 heterocycles. The van der Waals surface area contributed by atoms with E-state index < -0.39 is 6.10 Å². The first-order valence-electron chi connectivity index (χ1n) is 4.50. The van der Waals surface area contributed by atoms with Crippen LogP contribution in [0.1, 0.15) is 11.7 Å². The lowest BCUT2D eigenvalue weighted by molar-refractivity contribution is 0.202. The number of nitrogens with zero attached hydrogens (tertiary/aromatic N) is 3. The van der Waals surface area contributed by atoms with Gasteiger partial charge in [-0.25, -0.2) is 9.67 Å². The quantitative estimate of drug-likeness (QED) is 0.804. The summed E-state index contributed by atoms with van der Waals surface area (Å²) in [6, 6.07) is 7.37. The third-order valence-electron chi connectivity index (χ3n) is 2.11. The molecular formula is C10H10ClN3O. The minimum atomic E-state index is -0.614. The van der Waals surface area contributed by atoms with Gasteiger partial charge in [0.15, 0.2) is 0 Å². The molecule has 15 heavy (non-hydrogen) atoms. The van der Waals surface area contributed by atoms with Gasteiger partial charge in [0.05, 0.1) is 17.7 Å². The highest BCUT2D eigenvalue weighted by molar-refractivity contribution is 6.18. The predicted octanol–water partition coefficient (Wildman–Crippen LogP) is 1.54. The van der Waals surface area contributed by atoms with Gasteiger partial charge in [0, 0.05) is 0 Å². The number of hydrogen-bond acceptors (Lipinski definition) is 3. The molecule has 2 aromatic rings. The fraction of sp³-hybridized carbons (Fsp3) is 0.200. The van der Waals surface area contributed by atoms with Gasteiger partial charge in [0.1, 0.15) is 12.7 Å². The van der Waals surface area contributed by atoms with Crippen molar-refractivity contribution in [2.45, 2.75) is 6.10 Å². The zero-order chi connectivity index (χ0) is 10.7. The van der Waals surface area contributed by atoms with Gasteiger partial charge in [-0.2, -0.15) is 5.10 Å². The third-order valence-corrected chi connectivity index (χ3v) is 2.40. The number of benzene rings is 1. The highest BCUT2D eigenvalue weighted by Gasteiger charge is 2.05. The Balaban J connectivity index is 2.25. The van der Waals surface area contributed by atoms with Crippen molar-refractivity contribution in [2.75, 3.05) is 5.88 Å². The van der Waals surface area contributed by atoms with Gasteiger partial charge in [-0.15, -0.1) is 11.6 Å². The second kappa shape index (κ2) is 4.42. The summed E-state index contributed by atoms with van der Waals surface area (Å²) in [5.74, 6) is 0.197. The van der Waals surface area contributed by atoms with Crippen molar-refractivity contribution in [1.82, 2.24) is 14.8 Å². The minimum absolute atomic E-state index is 0.197. The molecule has 0 aliphatic rings. The van der Waals surface area contributed by atoms with E-state index in [0.717, 1.165) is 11.3 Å². The van der Waals surface area contributed by atoms with Gasteiger partial charge in [0.2, 0.25) is 0 Å². The first-order valence-corrected chi connectivity index (χ1v) is 5.03. The van der Waals surface area contributed by atoms with Crippen LogP contribution in [0.2, 0.25) is 0 Å². The number of hydrogen-bond donors (Lipinski definition) is 1. The maximum absolute atomic E-state index is 9.48. The Morgan fingerprint density at radius 1 is 1.33 bits per heavy atom. The summed E-state index contributed by atoms with van der Waals surface area (Å²) in [6.45, 7) is 0. The molecule has 0 saturated heterocycles. The van der Waals surface area contributed by atoms with E-state index in [1.54, 1.807) is 11.0 Å². The molecule has 0 aliphatic carbocycles. The number of alkyl halides is 1. The minimum Gasteiger partial charge on any atom is -0.387 e. The summed E-state index contributed by atoms with van der Waals surface area (Å²) in [4.78, 5) is 3.85. The van der Waals surface area contributed by atoms with E-state index >= 15 is 0 Å². The van der Waals surface area contributed by atoms with Crippen molar-refractivity contribution in [3.63, 3.8) is 0 Å². The average molecular weight is 224 g/mol. The van der Waals surface area contributed by atoms with Crippen LogP contribution >= 0.6 is 11.6 Å². The molecule has 1 aromatic heterocycles. The average Bonchev–Trinajstić information content (AvgIpc) is 2.82. The van der Waals surface area contributed by atoms with E-state index in [2.05, 4.69) is 10.1 Å². The smallest absolute Gasteiger partial charge is 0.138 e. The molecule has 0 radical (unpaired) electrons. The van der Waals surface area contributed by atoms with E-state index in [1.807, 2.05) is 24.3 Å². The maximum atomic E-state index is 9.48. The predicted molar refractivity (Wildman–Crippen MR) is 57.0 cm³/mol. The summed E-state index contributed by atoms with van der Waals surface area (Å²) in [5, 5.41) is 13.5. The van der Waals surface area contributed by atoms with E-state index in [4.69, 9.17) is 11.6 Å². The molecule has 5 heteroatoms. The SMILES string of the molecule is O[C@H](CCl)c1ccc(-n2cncn2)cc1. The Bertz CT molecular complexity index is 413. The van der Waals surface area contributed by atoms with Gasteiger partial charge in [-0.3, -0.25) is 0 Å². The molecule has 2 rings (SSSR count). The van der Waals surface area contributed by atoms with Crippen molar-refractivity contribution < 1.29 is 5.11 Å². The first-order chi connectivity index (χ1) is 7.31. The Morgan fingerprint density at radius 2 is 2.07 bits per heavy atom. The van der Waals surface area contributed by atoms with Gasteiger partial charge in [-0.05, 0) is 17.7 Å². The summed E-state index contributed by atoms with van der Waals surface area (Å²) in [6.07, 6.45) is 2.48. The number of halogens is 1. The van der Waals surface area contributed by atoms with Crippen LogP contribution in [0.4, 0.5) is 0 Å². The molecule has 1 N–H and O–H groups in total. The van der Waals surface area contributed by atoms with Crippen molar-refractivity contribution in [3.05, 3.63) is 42.5 Å². The van der Waals surface area contributed by atoms with Crippen LogP contribution in [0.25, 0.3) is 5.69 Å². The number of rotatable bonds is 3. The standard InChI is InChI=1S/C10H10ClN3O/c11-5-10(15)8-1-3-9(4-2-8)14-7-12-6-13-14/h1-4,6-7,10,15H,5H2/t10-/m1/s1.